The van der Waals surface area contributed by atoms with Gasteiger partial charge in [-0.3, -0.25) is 9.59 Å². The van der Waals surface area contributed by atoms with Crippen molar-refractivity contribution in [3.8, 4) is 0 Å². The molecule has 0 bridgehead atoms. The Bertz CT molecular complexity index is 740. The third kappa shape index (κ3) is 1.56. The van der Waals surface area contributed by atoms with E-state index in [1.165, 1.54) is 4.70 Å². The molecule has 1 aromatic heterocycles. The predicted octanol–water partition coefficient (Wildman–Crippen LogP) is 3.44. The molecule has 3 rings (SSSR count). The van der Waals surface area contributed by atoms with E-state index in [-0.39, 0.29) is 0 Å². The van der Waals surface area contributed by atoms with Gasteiger partial charge in [-0.05, 0) is 24.3 Å². The second-order valence-corrected chi connectivity index (χ2v) is 4.88. The fourth-order valence-corrected chi connectivity index (χ4v) is 3.03. The highest BCUT2D eigenvalue weighted by Crippen LogP contribution is 2.33. The minimum absolute atomic E-state index is 0.357. The first-order valence-electron chi connectivity index (χ1n) is 5.20. The molecule has 0 saturated heterocycles. The largest absolute Gasteiger partial charge is 0.294 e. The molecule has 0 aliphatic heterocycles. The van der Waals surface area contributed by atoms with E-state index in [0.29, 0.717) is 11.8 Å². The molecule has 0 saturated carbocycles. The average Bonchev–Trinajstić information content (AvgIpc) is 2.75. The number of hydrogen-bond acceptors (Lipinski definition) is 3. The minimum atomic E-state index is -0.470. The van der Waals surface area contributed by atoms with Crippen LogP contribution in [0.3, 0.4) is 0 Å². The fraction of sp³-hybridized carbons (Fsp3) is 0. The summed E-state index contributed by atoms with van der Waals surface area (Å²) in [6, 6.07) is 13.5. The van der Waals surface area contributed by atoms with E-state index >= 15 is 0 Å². The molecule has 2 aromatic carbocycles. The van der Waals surface area contributed by atoms with Crippen LogP contribution in [0.2, 0.25) is 0 Å². The third-order valence-corrected chi connectivity index (χ3v) is 3.92. The van der Waals surface area contributed by atoms with Gasteiger partial charge in [-0.25, -0.2) is 0 Å². The standard InChI is InChI=1S/C14H8O2S/c15-8-12(16)9-5-6-14-11(7-9)10-3-1-2-4-13(10)17-14/h1-8H. The van der Waals surface area contributed by atoms with Crippen LogP contribution in [0.15, 0.2) is 42.5 Å². The molecule has 0 N–H and O–H groups in total. The van der Waals surface area contributed by atoms with Crippen molar-refractivity contribution in [3.05, 3.63) is 48.0 Å². The minimum Gasteiger partial charge on any atom is -0.294 e. The zero-order valence-electron chi connectivity index (χ0n) is 8.84. The lowest BCUT2D eigenvalue weighted by Gasteiger charge is -1.95. The maximum Gasteiger partial charge on any atom is 0.225 e. The normalized spacial score (nSPS) is 10.8. The lowest BCUT2D eigenvalue weighted by atomic mass is 10.1. The highest BCUT2D eigenvalue weighted by atomic mass is 32.1. The predicted molar refractivity (Wildman–Crippen MR) is 69.7 cm³/mol. The van der Waals surface area contributed by atoms with Crippen molar-refractivity contribution in [3.63, 3.8) is 0 Å². The number of thiophene rings is 1. The van der Waals surface area contributed by atoms with E-state index in [9.17, 15) is 9.59 Å². The molecular formula is C14H8O2S. The highest BCUT2D eigenvalue weighted by Gasteiger charge is 2.08. The van der Waals surface area contributed by atoms with Crippen molar-refractivity contribution in [1.82, 2.24) is 0 Å². The maximum atomic E-state index is 11.4. The van der Waals surface area contributed by atoms with Gasteiger partial charge in [0.1, 0.15) is 0 Å². The van der Waals surface area contributed by atoms with Gasteiger partial charge in [-0.1, -0.05) is 18.2 Å². The molecule has 0 unspecified atom stereocenters. The number of carbonyl (C=O) groups is 2. The lowest BCUT2D eigenvalue weighted by Crippen LogP contribution is -1.98. The molecule has 1 heterocycles. The zero-order valence-corrected chi connectivity index (χ0v) is 9.66. The average molecular weight is 240 g/mol. The monoisotopic (exact) mass is 240 g/mol. The molecule has 3 aromatic rings. The Morgan fingerprint density at radius 1 is 1.00 bits per heavy atom. The van der Waals surface area contributed by atoms with Crippen LogP contribution in [0.5, 0.6) is 0 Å². The van der Waals surface area contributed by atoms with Gasteiger partial charge in [-0.15, -0.1) is 11.3 Å². The molecule has 0 aliphatic rings. The Kier molecular flexibility index (Phi) is 2.27. The van der Waals surface area contributed by atoms with Crippen molar-refractivity contribution < 1.29 is 9.59 Å². The fourth-order valence-electron chi connectivity index (χ4n) is 1.95. The number of benzene rings is 2. The molecular weight excluding hydrogens is 232 g/mol. The second-order valence-electron chi connectivity index (χ2n) is 3.79. The molecule has 0 atom stereocenters. The van der Waals surface area contributed by atoms with Crippen LogP contribution in [-0.4, -0.2) is 12.1 Å². The van der Waals surface area contributed by atoms with Crippen molar-refractivity contribution in [1.29, 1.82) is 0 Å². The zero-order chi connectivity index (χ0) is 11.8. The number of Topliss-reactive ketones (excluding diaryl/α,β-unsaturated/α-hetero) is 1. The molecule has 0 spiro atoms. The number of aldehydes is 1. The van der Waals surface area contributed by atoms with Crippen LogP contribution in [0.4, 0.5) is 0 Å². The number of carbonyl (C=O) groups excluding carboxylic acids is 2. The first-order chi connectivity index (χ1) is 8.29. The summed E-state index contributed by atoms with van der Waals surface area (Å²) < 4.78 is 2.33. The first-order valence-corrected chi connectivity index (χ1v) is 6.02. The maximum absolute atomic E-state index is 11.4. The van der Waals surface area contributed by atoms with Crippen molar-refractivity contribution in [2.24, 2.45) is 0 Å². The smallest absolute Gasteiger partial charge is 0.225 e. The Morgan fingerprint density at radius 2 is 1.76 bits per heavy atom. The Balaban J connectivity index is 2.37. The highest BCUT2D eigenvalue weighted by molar-refractivity contribution is 7.25. The Hall–Kier alpha value is -2.00. The number of fused-ring (bicyclic) bond motifs is 3. The summed E-state index contributed by atoms with van der Waals surface area (Å²) in [6.45, 7) is 0. The Labute approximate surface area is 101 Å². The molecule has 0 fully saturated rings. The van der Waals surface area contributed by atoms with Gasteiger partial charge in [0, 0.05) is 25.7 Å². The summed E-state index contributed by atoms with van der Waals surface area (Å²) in [5.74, 6) is -0.470. The van der Waals surface area contributed by atoms with E-state index in [1.54, 1.807) is 23.5 Å². The van der Waals surface area contributed by atoms with Gasteiger partial charge in [0.25, 0.3) is 0 Å². The van der Waals surface area contributed by atoms with Gasteiger partial charge >= 0.3 is 0 Å². The number of rotatable bonds is 2. The number of hydrogen-bond donors (Lipinski definition) is 0. The number of ketones is 1. The Morgan fingerprint density at radius 3 is 2.59 bits per heavy atom. The van der Waals surface area contributed by atoms with Crippen LogP contribution in [0.25, 0.3) is 20.2 Å². The van der Waals surface area contributed by atoms with Gasteiger partial charge in [0.15, 0.2) is 6.29 Å². The van der Waals surface area contributed by atoms with E-state index in [4.69, 9.17) is 0 Å². The van der Waals surface area contributed by atoms with Crippen LogP contribution in [0.1, 0.15) is 10.4 Å². The SMILES string of the molecule is O=CC(=O)c1ccc2sc3ccccc3c2c1. The summed E-state index contributed by atoms with van der Waals surface area (Å²) in [7, 11) is 0. The molecule has 0 radical (unpaired) electrons. The molecule has 82 valence electrons. The van der Waals surface area contributed by atoms with Crippen LogP contribution < -0.4 is 0 Å². The van der Waals surface area contributed by atoms with Crippen LogP contribution >= 0.6 is 11.3 Å². The van der Waals surface area contributed by atoms with E-state index in [2.05, 4.69) is 6.07 Å². The van der Waals surface area contributed by atoms with Crippen LogP contribution in [-0.2, 0) is 4.79 Å². The summed E-state index contributed by atoms with van der Waals surface area (Å²) in [4.78, 5) is 21.8. The van der Waals surface area contributed by atoms with Gasteiger partial charge in [0.2, 0.25) is 5.78 Å². The molecule has 3 heteroatoms. The van der Waals surface area contributed by atoms with Gasteiger partial charge in [0.05, 0.1) is 0 Å². The van der Waals surface area contributed by atoms with Gasteiger partial charge in [-0.2, -0.15) is 0 Å². The van der Waals surface area contributed by atoms with Gasteiger partial charge < -0.3 is 0 Å². The van der Waals surface area contributed by atoms with Crippen molar-refractivity contribution in [2.45, 2.75) is 0 Å². The summed E-state index contributed by atoms with van der Waals surface area (Å²) >= 11 is 1.69. The molecule has 0 amide bonds. The van der Waals surface area contributed by atoms with Crippen molar-refractivity contribution in [2.75, 3.05) is 0 Å². The van der Waals surface area contributed by atoms with E-state index in [1.807, 2.05) is 24.3 Å². The molecule has 17 heavy (non-hydrogen) atoms. The summed E-state index contributed by atoms with van der Waals surface area (Å²) in [5, 5.41) is 2.17. The lowest BCUT2D eigenvalue weighted by molar-refractivity contribution is -0.104. The second kappa shape index (κ2) is 3.79. The topological polar surface area (TPSA) is 34.1 Å². The van der Waals surface area contributed by atoms with E-state index in [0.717, 1.165) is 15.5 Å². The first kappa shape index (κ1) is 10.2. The van der Waals surface area contributed by atoms with Crippen molar-refractivity contribution >= 4 is 43.6 Å². The summed E-state index contributed by atoms with van der Waals surface area (Å²) in [5.41, 5.74) is 0.455. The summed E-state index contributed by atoms with van der Waals surface area (Å²) in [6.07, 6.45) is 0.357. The quantitative estimate of drug-likeness (QED) is 0.390. The molecule has 0 aliphatic carbocycles. The molecule has 2 nitrogen and oxygen atoms in total. The van der Waals surface area contributed by atoms with E-state index < -0.39 is 5.78 Å². The third-order valence-electron chi connectivity index (χ3n) is 2.77. The van der Waals surface area contributed by atoms with Crippen LogP contribution in [0, 0.1) is 0 Å².